The Morgan fingerprint density at radius 3 is 2.76 bits per heavy atom. The molecule has 0 saturated carbocycles. The highest BCUT2D eigenvalue weighted by molar-refractivity contribution is 5.81. The second-order valence-electron chi connectivity index (χ2n) is 4.20. The van der Waals surface area contributed by atoms with Gasteiger partial charge in [-0.2, -0.15) is 0 Å². The molecule has 1 aromatic rings. The summed E-state index contributed by atoms with van der Waals surface area (Å²) < 4.78 is 0. The summed E-state index contributed by atoms with van der Waals surface area (Å²) >= 11 is 0. The van der Waals surface area contributed by atoms with Crippen molar-refractivity contribution in [3.8, 4) is 0 Å². The monoisotopic (exact) mass is 228 g/mol. The van der Waals surface area contributed by atoms with Crippen molar-refractivity contribution in [2.45, 2.75) is 32.6 Å². The Balaban J connectivity index is 0.000000514. The Morgan fingerprint density at radius 1 is 1.24 bits per heavy atom. The molecule has 0 fully saturated rings. The van der Waals surface area contributed by atoms with Crippen molar-refractivity contribution in [2.75, 3.05) is 6.61 Å². The Morgan fingerprint density at radius 2 is 2.00 bits per heavy atom. The van der Waals surface area contributed by atoms with Gasteiger partial charge in [-0.3, -0.25) is 0 Å². The number of hydrogen-bond acceptors (Lipinski definition) is 1. The van der Waals surface area contributed by atoms with Gasteiger partial charge >= 0.3 is 0 Å². The molecule has 1 atom stereocenters. The van der Waals surface area contributed by atoms with Crippen LogP contribution in [0.15, 0.2) is 42.0 Å². The zero-order valence-corrected chi connectivity index (χ0v) is 10.6. The van der Waals surface area contributed by atoms with E-state index in [1.807, 2.05) is 13.8 Å². The molecule has 2 aliphatic rings. The van der Waals surface area contributed by atoms with Crippen molar-refractivity contribution >= 4 is 5.57 Å². The molecule has 3 rings (SSSR count). The fourth-order valence-electron chi connectivity index (χ4n) is 2.74. The molecule has 1 N–H and O–H groups in total. The minimum atomic E-state index is 0.216. The molecule has 0 saturated heterocycles. The van der Waals surface area contributed by atoms with E-state index in [0.29, 0.717) is 0 Å². The summed E-state index contributed by atoms with van der Waals surface area (Å²) in [5, 5.41) is 9.48. The average Bonchev–Trinajstić information content (AvgIpc) is 2.75. The quantitative estimate of drug-likeness (QED) is 0.772. The van der Waals surface area contributed by atoms with Crippen molar-refractivity contribution in [1.29, 1.82) is 0 Å². The number of hydrogen-bond donors (Lipinski definition) is 1. The maximum atomic E-state index is 9.48. The minimum Gasteiger partial charge on any atom is -0.395 e. The van der Waals surface area contributed by atoms with Crippen molar-refractivity contribution in [1.82, 2.24) is 0 Å². The van der Waals surface area contributed by atoms with E-state index in [0.717, 1.165) is 12.8 Å². The molecule has 0 radical (unpaired) electrons. The lowest BCUT2D eigenvalue weighted by molar-refractivity contribution is 0.281. The number of benzene rings is 1. The van der Waals surface area contributed by atoms with Crippen LogP contribution in [0.2, 0.25) is 0 Å². The van der Waals surface area contributed by atoms with Crippen LogP contribution in [0.1, 0.15) is 43.7 Å². The molecule has 1 unspecified atom stereocenters. The highest BCUT2D eigenvalue weighted by Crippen LogP contribution is 2.45. The summed E-state index contributed by atoms with van der Waals surface area (Å²) in [6.45, 7) is 4.22. The second-order valence-corrected chi connectivity index (χ2v) is 4.20. The zero-order chi connectivity index (χ0) is 12.3. The number of fused-ring (bicyclic) bond motifs is 2. The SMILES string of the molecule is CC.OCC1C2=C(CCC=C2)c2ccccc21. The molecule has 1 heteroatoms. The van der Waals surface area contributed by atoms with E-state index in [1.165, 1.54) is 22.3 Å². The van der Waals surface area contributed by atoms with Crippen LogP contribution in [0.25, 0.3) is 5.57 Å². The first-order valence-corrected chi connectivity index (χ1v) is 6.51. The van der Waals surface area contributed by atoms with Gasteiger partial charge in [0.1, 0.15) is 0 Å². The number of allylic oxidation sites excluding steroid dienone is 3. The lowest BCUT2D eigenvalue weighted by atomic mass is 9.93. The van der Waals surface area contributed by atoms with Gasteiger partial charge in [0.25, 0.3) is 0 Å². The first-order valence-electron chi connectivity index (χ1n) is 6.51. The molecule has 0 amide bonds. The van der Waals surface area contributed by atoms with E-state index in [1.54, 1.807) is 0 Å². The normalized spacial score (nSPS) is 20.5. The fourth-order valence-corrected chi connectivity index (χ4v) is 2.74. The van der Waals surface area contributed by atoms with Crippen LogP contribution in [0.3, 0.4) is 0 Å². The van der Waals surface area contributed by atoms with Crippen LogP contribution in [0.5, 0.6) is 0 Å². The van der Waals surface area contributed by atoms with E-state index < -0.39 is 0 Å². The van der Waals surface area contributed by atoms with Crippen molar-refractivity contribution < 1.29 is 5.11 Å². The maximum Gasteiger partial charge on any atom is 0.0540 e. The number of aliphatic hydroxyl groups excluding tert-OH is 1. The van der Waals surface area contributed by atoms with Gasteiger partial charge in [-0.1, -0.05) is 50.3 Å². The van der Waals surface area contributed by atoms with Crippen LogP contribution >= 0.6 is 0 Å². The summed E-state index contributed by atoms with van der Waals surface area (Å²) in [5.41, 5.74) is 5.45. The van der Waals surface area contributed by atoms with Gasteiger partial charge in [0.15, 0.2) is 0 Å². The van der Waals surface area contributed by atoms with Crippen LogP contribution < -0.4 is 0 Å². The second kappa shape index (κ2) is 5.33. The van der Waals surface area contributed by atoms with Gasteiger partial charge in [0.05, 0.1) is 6.61 Å². The fraction of sp³-hybridized carbons (Fsp3) is 0.375. The first-order chi connectivity index (χ1) is 8.42. The molecule has 17 heavy (non-hydrogen) atoms. The van der Waals surface area contributed by atoms with E-state index in [2.05, 4.69) is 36.4 Å². The lowest BCUT2D eigenvalue weighted by Gasteiger charge is -2.13. The van der Waals surface area contributed by atoms with Gasteiger partial charge < -0.3 is 5.11 Å². The van der Waals surface area contributed by atoms with Crippen LogP contribution in [-0.2, 0) is 0 Å². The topological polar surface area (TPSA) is 20.2 Å². The standard InChI is InChI=1S/C14H14O.C2H6/c15-9-14-12-7-3-1-5-10(12)11-6-2-4-8-13(11)14;1-2/h1,3-5,7-8,14-15H,2,6,9H2;1-2H3. The zero-order valence-electron chi connectivity index (χ0n) is 10.6. The predicted molar refractivity (Wildman–Crippen MR) is 72.9 cm³/mol. The van der Waals surface area contributed by atoms with Gasteiger partial charge in [0, 0.05) is 5.92 Å². The number of aliphatic hydroxyl groups is 1. The average molecular weight is 228 g/mol. The third kappa shape index (κ3) is 1.96. The summed E-state index contributed by atoms with van der Waals surface area (Å²) in [6.07, 6.45) is 6.66. The van der Waals surface area contributed by atoms with Crippen LogP contribution in [0.4, 0.5) is 0 Å². The number of rotatable bonds is 1. The molecule has 0 bridgehead atoms. The summed E-state index contributed by atoms with van der Waals surface area (Å²) in [4.78, 5) is 0. The summed E-state index contributed by atoms with van der Waals surface area (Å²) in [7, 11) is 0. The highest BCUT2D eigenvalue weighted by Gasteiger charge is 2.29. The van der Waals surface area contributed by atoms with Crippen LogP contribution in [-0.4, -0.2) is 11.7 Å². The Kier molecular flexibility index (Phi) is 3.80. The van der Waals surface area contributed by atoms with Crippen molar-refractivity contribution in [3.63, 3.8) is 0 Å². The Bertz CT molecular complexity index is 454. The van der Waals surface area contributed by atoms with Gasteiger partial charge in [0.2, 0.25) is 0 Å². The molecule has 1 nitrogen and oxygen atoms in total. The van der Waals surface area contributed by atoms with Crippen LogP contribution in [0, 0.1) is 0 Å². The molecule has 0 spiro atoms. The molecule has 0 aliphatic heterocycles. The molecular formula is C16H20O. The molecule has 90 valence electrons. The summed E-state index contributed by atoms with van der Waals surface area (Å²) in [6, 6.07) is 8.47. The highest BCUT2D eigenvalue weighted by atomic mass is 16.3. The smallest absolute Gasteiger partial charge is 0.0540 e. The third-order valence-corrected chi connectivity index (χ3v) is 3.43. The Labute approximate surface area is 103 Å². The Hall–Kier alpha value is -1.34. The van der Waals surface area contributed by atoms with Gasteiger partial charge in [-0.25, -0.2) is 0 Å². The first kappa shape index (κ1) is 12.1. The maximum absolute atomic E-state index is 9.48. The van der Waals surface area contributed by atoms with E-state index in [-0.39, 0.29) is 12.5 Å². The predicted octanol–water partition coefficient (Wildman–Crippen LogP) is 3.91. The largest absolute Gasteiger partial charge is 0.395 e. The molecule has 1 aromatic carbocycles. The summed E-state index contributed by atoms with van der Waals surface area (Å²) in [5.74, 6) is 0.216. The van der Waals surface area contributed by atoms with Gasteiger partial charge in [-0.05, 0) is 35.1 Å². The van der Waals surface area contributed by atoms with Crippen molar-refractivity contribution in [3.05, 3.63) is 53.1 Å². The van der Waals surface area contributed by atoms with Crippen molar-refractivity contribution in [2.24, 2.45) is 0 Å². The minimum absolute atomic E-state index is 0.216. The molecular weight excluding hydrogens is 208 g/mol. The lowest BCUT2D eigenvalue weighted by Crippen LogP contribution is -2.03. The van der Waals surface area contributed by atoms with E-state index >= 15 is 0 Å². The molecule has 0 heterocycles. The van der Waals surface area contributed by atoms with E-state index in [9.17, 15) is 5.11 Å². The molecule has 0 aromatic heterocycles. The van der Waals surface area contributed by atoms with E-state index in [4.69, 9.17) is 0 Å². The van der Waals surface area contributed by atoms with Gasteiger partial charge in [-0.15, -0.1) is 0 Å². The third-order valence-electron chi connectivity index (χ3n) is 3.43. The molecule has 2 aliphatic carbocycles.